The maximum atomic E-state index is 6.14. The Balaban J connectivity index is 2.00. The van der Waals surface area contributed by atoms with E-state index < -0.39 is 0 Å². The zero-order valence-corrected chi connectivity index (χ0v) is 15.4. The van der Waals surface area contributed by atoms with Crippen molar-refractivity contribution in [3.63, 3.8) is 0 Å². The monoisotopic (exact) mass is 338 g/mol. The number of methoxy groups -OCH3 is 2. The molecule has 0 aliphatic carbocycles. The Labute approximate surface area is 149 Å². The quantitative estimate of drug-likeness (QED) is 0.744. The van der Waals surface area contributed by atoms with Gasteiger partial charge in [-0.3, -0.25) is 0 Å². The second-order valence-corrected chi connectivity index (χ2v) is 6.39. The molecular weight excluding hydrogens is 312 g/mol. The minimum atomic E-state index is 0.226. The number of para-hydroxylation sites is 1. The molecule has 0 amide bonds. The van der Waals surface area contributed by atoms with Gasteiger partial charge in [0.15, 0.2) is 11.5 Å². The van der Waals surface area contributed by atoms with E-state index in [1.165, 1.54) is 27.7 Å². The third kappa shape index (κ3) is 3.10. The zero-order chi connectivity index (χ0) is 18.0. The summed E-state index contributed by atoms with van der Waals surface area (Å²) in [5.74, 6) is 1.71. The van der Waals surface area contributed by atoms with Crippen molar-refractivity contribution in [2.24, 2.45) is 12.8 Å². The van der Waals surface area contributed by atoms with Gasteiger partial charge in [0, 0.05) is 29.6 Å². The molecular formula is C21H26N2O2. The Bertz CT molecular complexity index is 883. The molecule has 25 heavy (non-hydrogen) atoms. The van der Waals surface area contributed by atoms with Gasteiger partial charge in [0.2, 0.25) is 0 Å². The summed E-state index contributed by atoms with van der Waals surface area (Å²) in [6.45, 7) is 2.76. The number of rotatable bonds is 6. The number of nitrogens with two attached hydrogens (primary N) is 1. The first-order valence-corrected chi connectivity index (χ1v) is 8.55. The van der Waals surface area contributed by atoms with Crippen molar-refractivity contribution in [3.8, 4) is 11.5 Å². The van der Waals surface area contributed by atoms with Crippen molar-refractivity contribution in [3.05, 3.63) is 59.3 Å². The summed E-state index contributed by atoms with van der Waals surface area (Å²) in [5, 5.41) is 1.31. The van der Waals surface area contributed by atoms with Gasteiger partial charge >= 0.3 is 0 Å². The van der Waals surface area contributed by atoms with Crippen molar-refractivity contribution >= 4 is 10.9 Å². The number of nitrogens with zero attached hydrogens (tertiary/aromatic N) is 1. The van der Waals surface area contributed by atoms with Crippen LogP contribution in [0.5, 0.6) is 11.5 Å². The lowest BCUT2D eigenvalue weighted by Gasteiger charge is -2.18. The number of benzene rings is 2. The van der Waals surface area contributed by atoms with Crippen LogP contribution in [-0.2, 0) is 13.5 Å². The first-order valence-electron chi connectivity index (χ1n) is 8.55. The Morgan fingerprint density at radius 3 is 2.44 bits per heavy atom. The Kier molecular flexibility index (Phi) is 5.00. The van der Waals surface area contributed by atoms with Crippen LogP contribution >= 0.6 is 0 Å². The SMILES string of the molecule is COc1ccc(C(CN)Cc2c(C)n(C)c3ccccc23)cc1OC. The average Bonchev–Trinajstić information content (AvgIpc) is 2.90. The molecule has 0 fully saturated rings. The standard InChI is InChI=1S/C21H26N2O2/c1-14-18(17-7-5-6-8-19(17)23(14)2)11-16(13-22)15-9-10-20(24-3)21(12-15)25-4/h5-10,12,16H,11,13,22H2,1-4H3. The number of aryl methyl sites for hydroxylation is 1. The van der Waals surface area contributed by atoms with Crippen LogP contribution in [-0.4, -0.2) is 25.3 Å². The van der Waals surface area contributed by atoms with Gasteiger partial charge in [0.1, 0.15) is 0 Å². The highest BCUT2D eigenvalue weighted by Crippen LogP contribution is 2.34. The van der Waals surface area contributed by atoms with Gasteiger partial charge in [0.05, 0.1) is 14.2 Å². The molecule has 0 saturated heterocycles. The molecule has 2 aromatic carbocycles. The Morgan fingerprint density at radius 1 is 1.04 bits per heavy atom. The van der Waals surface area contributed by atoms with Crippen molar-refractivity contribution in [1.29, 1.82) is 0 Å². The van der Waals surface area contributed by atoms with Crippen LogP contribution in [0.3, 0.4) is 0 Å². The van der Waals surface area contributed by atoms with E-state index in [4.69, 9.17) is 15.2 Å². The van der Waals surface area contributed by atoms with Gasteiger partial charge in [-0.25, -0.2) is 0 Å². The van der Waals surface area contributed by atoms with E-state index in [9.17, 15) is 0 Å². The van der Waals surface area contributed by atoms with Gasteiger partial charge < -0.3 is 19.8 Å². The van der Waals surface area contributed by atoms with E-state index in [0.717, 1.165) is 17.9 Å². The average molecular weight is 338 g/mol. The maximum Gasteiger partial charge on any atom is 0.160 e. The van der Waals surface area contributed by atoms with Gasteiger partial charge in [-0.2, -0.15) is 0 Å². The normalized spacial score (nSPS) is 12.4. The van der Waals surface area contributed by atoms with Gasteiger partial charge in [-0.15, -0.1) is 0 Å². The number of hydrogen-bond donors (Lipinski definition) is 1. The number of fused-ring (bicyclic) bond motifs is 1. The summed E-state index contributed by atoms with van der Waals surface area (Å²) >= 11 is 0. The molecule has 0 saturated carbocycles. The van der Waals surface area contributed by atoms with Crippen LogP contribution in [0.2, 0.25) is 0 Å². The molecule has 4 heteroatoms. The first kappa shape index (κ1) is 17.4. The molecule has 1 aromatic heterocycles. The summed E-state index contributed by atoms with van der Waals surface area (Å²) < 4.78 is 13.1. The second kappa shape index (κ2) is 7.19. The summed E-state index contributed by atoms with van der Waals surface area (Å²) in [6.07, 6.45) is 0.902. The van der Waals surface area contributed by atoms with E-state index in [2.05, 4.69) is 48.9 Å². The van der Waals surface area contributed by atoms with E-state index in [1.54, 1.807) is 14.2 Å². The Hall–Kier alpha value is -2.46. The van der Waals surface area contributed by atoms with Gasteiger partial charge in [0.25, 0.3) is 0 Å². The molecule has 132 valence electrons. The predicted molar refractivity (Wildman–Crippen MR) is 103 cm³/mol. The van der Waals surface area contributed by atoms with E-state index in [0.29, 0.717) is 6.54 Å². The highest BCUT2D eigenvalue weighted by molar-refractivity contribution is 5.85. The summed E-state index contributed by atoms with van der Waals surface area (Å²) in [7, 11) is 5.43. The topological polar surface area (TPSA) is 49.4 Å². The third-order valence-corrected chi connectivity index (χ3v) is 5.14. The number of hydrogen-bond acceptors (Lipinski definition) is 3. The van der Waals surface area contributed by atoms with Gasteiger partial charge in [-0.1, -0.05) is 24.3 Å². The van der Waals surface area contributed by atoms with Crippen molar-refractivity contribution in [2.75, 3.05) is 20.8 Å². The molecule has 1 unspecified atom stereocenters. The van der Waals surface area contributed by atoms with Crippen LogP contribution in [0.15, 0.2) is 42.5 Å². The van der Waals surface area contributed by atoms with Crippen molar-refractivity contribution < 1.29 is 9.47 Å². The molecule has 3 rings (SSSR count). The number of aromatic nitrogens is 1. The third-order valence-electron chi connectivity index (χ3n) is 5.14. The molecule has 1 heterocycles. The molecule has 4 nitrogen and oxygen atoms in total. The van der Waals surface area contributed by atoms with Crippen LogP contribution in [0.4, 0.5) is 0 Å². The fraction of sp³-hybridized carbons (Fsp3) is 0.333. The first-order chi connectivity index (χ1) is 12.1. The highest BCUT2D eigenvalue weighted by Gasteiger charge is 2.18. The van der Waals surface area contributed by atoms with E-state index in [-0.39, 0.29) is 5.92 Å². The van der Waals surface area contributed by atoms with Crippen molar-refractivity contribution in [2.45, 2.75) is 19.3 Å². The lowest BCUT2D eigenvalue weighted by atomic mass is 9.90. The lowest BCUT2D eigenvalue weighted by molar-refractivity contribution is 0.354. The fourth-order valence-corrected chi connectivity index (χ4v) is 3.55. The minimum absolute atomic E-state index is 0.226. The Morgan fingerprint density at radius 2 is 1.76 bits per heavy atom. The molecule has 0 aliphatic rings. The molecule has 0 aliphatic heterocycles. The minimum Gasteiger partial charge on any atom is -0.493 e. The maximum absolute atomic E-state index is 6.14. The highest BCUT2D eigenvalue weighted by atomic mass is 16.5. The van der Waals surface area contributed by atoms with Crippen LogP contribution in [0.1, 0.15) is 22.7 Å². The molecule has 3 aromatic rings. The summed E-state index contributed by atoms with van der Waals surface area (Å²) in [5.41, 5.74) is 11.2. The lowest BCUT2D eigenvalue weighted by Crippen LogP contribution is -2.15. The van der Waals surface area contributed by atoms with Crippen LogP contribution in [0, 0.1) is 6.92 Å². The van der Waals surface area contributed by atoms with Crippen LogP contribution < -0.4 is 15.2 Å². The smallest absolute Gasteiger partial charge is 0.160 e. The molecule has 0 bridgehead atoms. The van der Waals surface area contributed by atoms with E-state index in [1.807, 2.05) is 12.1 Å². The fourth-order valence-electron chi connectivity index (χ4n) is 3.55. The molecule has 0 radical (unpaired) electrons. The predicted octanol–water partition coefficient (Wildman–Crippen LogP) is 3.79. The molecule has 1 atom stereocenters. The molecule has 0 spiro atoms. The van der Waals surface area contributed by atoms with Crippen molar-refractivity contribution in [1.82, 2.24) is 4.57 Å². The zero-order valence-electron chi connectivity index (χ0n) is 15.4. The number of ether oxygens (including phenoxy) is 2. The largest absolute Gasteiger partial charge is 0.493 e. The molecule has 2 N–H and O–H groups in total. The van der Waals surface area contributed by atoms with Gasteiger partial charge in [-0.05, 0) is 49.2 Å². The summed E-state index contributed by atoms with van der Waals surface area (Å²) in [6, 6.07) is 14.6. The second-order valence-electron chi connectivity index (χ2n) is 6.39. The van der Waals surface area contributed by atoms with Crippen LogP contribution in [0.25, 0.3) is 10.9 Å². The summed E-state index contributed by atoms with van der Waals surface area (Å²) in [4.78, 5) is 0. The van der Waals surface area contributed by atoms with E-state index >= 15 is 0 Å².